The molecule has 0 atom stereocenters. The number of rotatable bonds is 7. The van der Waals surface area contributed by atoms with Gasteiger partial charge in [0.25, 0.3) is 11.5 Å². The van der Waals surface area contributed by atoms with Crippen molar-refractivity contribution in [3.8, 4) is 5.75 Å². The molecule has 0 radical (unpaired) electrons. The molecule has 3 rings (SSSR count). The number of nitrogens with zero attached hydrogens (tertiary/aromatic N) is 1. The number of carbonyl (C=O) groups excluding carboxylic acids is 1. The molecule has 1 amide bonds. The predicted molar refractivity (Wildman–Crippen MR) is 110 cm³/mol. The van der Waals surface area contributed by atoms with E-state index in [0.29, 0.717) is 21.5 Å². The molecule has 0 unspecified atom stereocenters. The van der Waals surface area contributed by atoms with Gasteiger partial charge in [-0.05, 0) is 42.5 Å². The minimum atomic E-state index is -0.482. The molecule has 2 aromatic carbocycles. The number of halogens is 3. The van der Waals surface area contributed by atoms with Gasteiger partial charge < -0.3 is 9.30 Å². The smallest absolute Gasteiger partial charge is 0.271 e. The third kappa shape index (κ3) is 5.73. The maximum absolute atomic E-state index is 13.2. The van der Waals surface area contributed by atoms with Crippen LogP contribution in [0.2, 0.25) is 10.0 Å². The third-order valence-electron chi connectivity index (χ3n) is 3.87. The zero-order valence-corrected chi connectivity index (χ0v) is 16.5. The van der Waals surface area contributed by atoms with Crippen LogP contribution in [0.3, 0.4) is 0 Å². The molecule has 9 heteroatoms. The highest BCUT2D eigenvalue weighted by atomic mass is 35.5. The summed E-state index contributed by atoms with van der Waals surface area (Å²) in [5.74, 6) is -0.472. The zero-order valence-electron chi connectivity index (χ0n) is 15.0. The van der Waals surface area contributed by atoms with E-state index in [2.05, 4.69) is 10.9 Å². The van der Waals surface area contributed by atoms with Crippen LogP contribution in [0, 0.1) is 5.82 Å². The average Bonchev–Trinajstić information content (AvgIpc) is 2.69. The number of anilines is 1. The molecule has 2 N–H and O–H groups in total. The third-order valence-corrected chi connectivity index (χ3v) is 4.40. The first-order valence-electron chi connectivity index (χ1n) is 8.52. The maximum atomic E-state index is 13.2. The molecule has 0 spiro atoms. The largest absolute Gasteiger partial charge is 0.490 e. The number of benzene rings is 2. The highest BCUT2D eigenvalue weighted by molar-refractivity contribution is 6.35. The van der Waals surface area contributed by atoms with Crippen molar-refractivity contribution in [1.29, 1.82) is 0 Å². The first-order valence-corrected chi connectivity index (χ1v) is 9.28. The quantitative estimate of drug-likeness (QED) is 0.547. The topological polar surface area (TPSA) is 72.4 Å². The average molecular weight is 436 g/mol. The van der Waals surface area contributed by atoms with E-state index in [1.165, 1.54) is 41.1 Å². The normalized spacial score (nSPS) is 10.4. The summed E-state index contributed by atoms with van der Waals surface area (Å²) in [6.07, 6.45) is 1.41. The molecular formula is C20H16Cl2FN3O3. The van der Waals surface area contributed by atoms with E-state index in [0.717, 1.165) is 0 Å². The molecule has 0 bridgehead atoms. The Bertz CT molecular complexity index is 1090. The van der Waals surface area contributed by atoms with E-state index in [4.69, 9.17) is 27.9 Å². The van der Waals surface area contributed by atoms with Crippen molar-refractivity contribution < 1.29 is 13.9 Å². The number of amides is 1. The van der Waals surface area contributed by atoms with Crippen molar-refractivity contribution in [3.63, 3.8) is 0 Å². The number of hydrazine groups is 1. The molecule has 0 fully saturated rings. The van der Waals surface area contributed by atoms with E-state index < -0.39 is 11.7 Å². The predicted octanol–water partition coefficient (Wildman–Crippen LogP) is 4.13. The number of hydrogen-bond acceptors (Lipinski definition) is 4. The van der Waals surface area contributed by atoms with E-state index >= 15 is 0 Å². The molecule has 1 aromatic heterocycles. The van der Waals surface area contributed by atoms with Gasteiger partial charge in [0.15, 0.2) is 0 Å². The lowest BCUT2D eigenvalue weighted by Crippen LogP contribution is -2.31. The van der Waals surface area contributed by atoms with Crippen molar-refractivity contribution in [2.45, 2.75) is 6.54 Å². The second-order valence-electron chi connectivity index (χ2n) is 5.96. The van der Waals surface area contributed by atoms with Gasteiger partial charge in [-0.2, -0.15) is 0 Å². The second kappa shape index (κ2) is 9.45. The summed E-state index contributed by atoms with van der Waals surface area (Å²) in [6, 6.07) is 13.2. The number of ether oxygens (including phenoxy) is 1. The second-order valence-corrected chi connectivity index (χ2v) is 6.81. The van der Waals surface area contributed by atoms with E-state index in [9.17, 15) is 14.0 Å². The fourth-order valence-corrected chi connectivity index (χ4v) is 2.92. The fraction of sp³-hybridized carbons (Fsp3) is 0.100. The van der Waals surface area contributed by atoms with Gasteiger partial charge in [-0.25, -0.2) is 4.39 Å². The molecule has 6 nitrogen and oxygen atoms in total. The molecule has 0 aliphatic rings. The Hall–Kier alpha value is -3.03. The summed E-state index contributed by atoms with van der Waals surface area (Å²) in [5, 5.41) is 0.852. The highest BCUT2D eigenvalue weighted by Crippen LogP contribution is 2.27. The molecule has 3 aromatic rings. The van der Waals surface area contributed by atoms with Crippen molar-refractivity contribution in [2.75, 3.05) is 12.0 Å². The van der Waals surface area contributed by atoms with Crippen LogP contribution in [0.5, 0.6) is 5.75 Å². The Labute approximate surface area is 175 Å². The minimum Gasteiger partial charge on any atom is -0.490 e. The van der Waals surface area contributed by atoms with Crippen LogP contribution in [0.25, 0.3) is 0 Å². The summed E-state index contributed by atoms with van der Waals surface area (Å²) in [6.45, 7) is 0.365. The number of carbonyl (C=O) groups is 1. The highest BCUT2D eigenvalue weighted by Gasteiger charge is 2.09. The van der Waals surface area contributed by atoms with Gasteiger partial charge in [0.2, 0.25) is 0 Å². The molecule has 0 aliphatic carbocycles. The van der Waals surface area contributed by atoms with Crippen molar-refractivity contribution in [2.24, 2.45) is 0 Å². The molecule has 0 saturated carbocycles. The van der Waals surface area contributed by atoms with Gasteiger partial charge in [0, 0.05) is 17.3 Å². The lowest BCUT2D eigenvalue weighted by atomic mass is 10.2. The van der Waals surface area contributed by atoms with E-state index in [1.54, 1.807) is 24.3 Å². The summed E-state index contributed by atoms with van der Waals surface area (Å²) < 4.78 is 20.1. The molecule has 0 aliphatic heterocycles. The van der Waals surface area contributed by atoms with Crippen molar-refractivity contribution in [3.05, 3.63) is 92.6 Å². The van der Waals surface area contributed by atoms with Crippen molar-refractivity contribution in [1.82, 2.24) is 9.99 Å². The summed E-state index contributed by atoms with van der Waals surface area (Å²) >= 11 is 11.9. The van der Waals surface area contributed by atoms with E-state index in [1.807, 2.05) is 0 Å². The number of pyridine rings is 1. The van der Waals surface area contributed by atoms with E-state index in [-0.39, 0.29) is 24.3 Å². The van der Waals surface area contributed by atoms with Gasteiger partial charge in [-0.1, -0.05) is 29.3 Å². The van der Waals surface area contributed by atoms with Crippen LogP contribution in [-0.4, -0.2) is 17.1 Å². The molecule has 0 saturated heterocycles. The van der Waals surface area contributed by atoms with Gasteiger partial charge in [0.1, 0.15) is 18.2 Å². The molecular weight excluding hydrogens is 420 g/mol. The van der Waals surface area contributed by atoms with Crippen LogP contribution in [0.1, 0.15) is 10.4 Å². The van der Waals surface area contributed by atoms with Crippen molar-refractivity contribution >= 4 is 34.8 Å². The van der Waals surface area contributed by atoms with Gasteiger partial charge >= 0.3 is 0 Å². The number of hydrogen-bond donors (Lipinski definition) is 2. The maximum Gasteiger partial charge on any atom is 0.271 e. The lowest BCUT2D eigenvalue weighted by molar-refractivity contribution is 0.0961. The van der Waals surface area contributed by atoms with Crippen LogP contribution >= 0.6 is 23.2 Å². The Balaban J connectivity index is 1.61. The van der Waals surface area contributed by atoms with Gasteiger partial charge in [0.05, 0.1) is 22.8 Å². The molecule has 29 heavy (non-hydrogen) atoms. The standard InChI is InChI=1S/C20H16Cl2FN3O3/c21-14-5-6-18(17(22)10-14)29-9-8-26-12-13(4-7-19(26)27)20(28)25-24-16-3-1-2-15(23)11-16/h1-7,10-12,24H,8-9H2,(H,25,28). The lowest BCUT2D eigenvalue weighted by Gasteiger charge is -2.12. The Morgan fingerprint density at radius 3 is 2.69 bits per heavy atom. The molecule has 150 valence electrons. The van der Waals surface area contributed by atoms with Crippen LogP contribution in [0.4, 0.5) is 10.1 Å². The Morgan fingerprint density at radius 1 is 1.10 bits per heavy atom. The van der Waals surface area contributed by atoms with Crippen LogP contribution < -0.4 is 21.1 Å². The summed E-state index contributed by atoms with van der Waals surface area (Å²) in [4.78, 5) is 24.3. The Kier molecular flexibility index (Phi) is 6.74. The minimum absolute atomic E-state index is 0.161. The van der Waals surface area contributed by atoms with Crippen LogP contribution in [0.15, 0.2) is 65.6 Å². The van der Waals surface area contributed by atoms with Gasteiger partial charge in [-0.3, -0.25) is 20.4 Å². The van der Waals surface area contributed by atoms with Crippen LogP contribution in [-0.2, 0) is 6.54 Å². The number of aromatic nitrogens is 1. The summed E-state index contributed by atoms with van der Waals surface area (Å²) in [7, 11) is 0. The first-order chi connectivity index (χ1) is 13.9. The summed E-state index contributed by atoms with van der Waals surface area (Å²) in [5.41, 5.74) is 5.42. The first kappa shape index (κ1) is 20.7. The zero-order chi connectivity index (χ0) is 20.8. The Morgan fingerprint density at radius 2 is 1.93 bits per heavy atom. The molecule has 1 heterocycles. The number of nitrogens with one attached hydrogen (secondary N) is 2. The fourth-order valence-electron chi connectivity index (χ4n) is 2.45. The monoisotopic (exact) mass is 435 g/mol. The van der Waals surface area contributed by atoms with Gasteiger partial charge in [-0.15, -0.1) is 0 Å². The SMILES string of the molecule is O=C(NNc1cccc(F)c1)c1ccc(=O)n(CCOc2ccc(Cl)cc2Cl)c1.